The summed E-state index contributed by atoms with van der Waals surface area (Å²) in [6, 6.07) is 13.9. The Hall–Kier alpha value is -2.73. The first kappa shape index (κ1) is 21.5. The molecule has 166 valence electrons. The van der Waals surface area contributed by atoms with E-state index in [9.17, 15) is 4.79 Å². The zero-order valence-corrected chi connectivity index (χ0v) is 18.5. The molecule has 0 radical (unpaired) electrons. The number of nitrogens with one attached hydrogen (secondary N) is 1. The number of rotatable bonds is 7. The largest absolute Gasteiger partial charge is 0.496 e. The molecule has 0 aliphatic carbocycles. The third-order valence-corrected chi connectivity index (χ3v) is 6.17. The third kappa shape index (κ3) is 4.64. The van der Waals surface area contributed by atoms with Crippen LogP contribution in [0.2, 0.25) is 0 Å². The van der Waals surface area contributed by atoms with Crippen molar-refractivity contribution in [1.29, 1.82) is 0 Å². The van der Waals surface area contributed by atoms with E-state index in [0.29, 0.717) is 25.5 Å². The molecule has 1 fully saturated rings. The lowest BCUT2D eigenvalue weighted by Crippen LogP contribution is -2.45. The Labute approximate surface area is 183 Å². The molecule has 0 spiro atoms. The van der Waals surface area contributed by atoms with Gasteiger partial charge in [0.15, 0.2) is 18.1 Å². The molecule has 0 atom stereocenters. The predicted molar refractivity (Wildman–Crippen MR) is 118 cm³/mol. The topological polar surface area (TPSA) is 66.0 Å². The number of ether oxygens (including phenoxy) is 4. The maximum atomic E-state index is 12.7. The molecule has 6 nitrogen and oxygen atoms in total. The Morgan fingerprint density at radius 1 is 1.06 bits per heavy atom. The minimum absolute atomic E-state index is 0.0568. The molecular weight excluding hydrogens is 394 g/mol. The van der Waals surface area contributed by atoms with Crippen LogP contribution in [-0.4, -0.2) is 45.0 Å². The highest BCUT2D eigenvalue weighted by molar-refractivity contribution is 5.77. The Balaban J connectivity index is 1.41. The van der Waals surface area contributed by atoms with Gasteiger partial charge in [-0.25, -0.2) is 0 Å². The maximum Gasteiger partial charge on any atom is 0.257 e. The first-order valence-electron chi connectivity index (χ1n) is 10.8. The van der Waals surface area contributed by atoms with Crippen LogP contribution in [-0.2, 0) is 21.4 Å². The van der Waals surface area contributed by atoms with Gasteiger partial charge < -0.3 is 24.3 Å². The molecule has 2 aromatic carbocycles. The number of methoxy groups -OCH3 is 1. The molecule has 0 aromatic heterocycles. The molecule has 0 saturated carbocycles. The molecule has 0 unspecified atom stereocenters. The van der Waals surface area contributed by atoms with Crippen molar-refractivity contribution in [1.82, 2.24) is 5.32 Å². The molecule has 1 N–H and O–H groups in total. The number of hydrogen-bond donors (Lipinski definition) is 1. The van der Waals surface area contributed by atoms with Crippen LogP contribution in [0.25, 0.3) is 0 Å². The van der Waals surface area contributed by atoms with Gasteiger partial charge in [-0.1, -0.05) is 30.3 Å². The summed E-state index contributed by atoms with van der Waals surface area (Å²) in [7, 11) is 1.68. The zero-order chi connectivity index (χ0) is 21.9. The molecule has 1 saturated heterocycles. The van der Waals surface area contributed by atoms with E-state index in [1.165, 1.54) is 0 Å². The summed E-state index contributed by atoms with van der Waals surface area (Å²) in [4.78, 5) is 12.7. The van der Waals surface area contributed by atoms with Crippen molar-refractivity contribution < 1.29 is 23.7 Å². The number of carbonyl (C=O) groups excluding carboxylic acids is 1. The molecule has 2 heterocycles. The highest BCUT2D eigenvalue weighted by atomic mass is 16.5. The number of hydrogen-bond acceptors (Lipinski definition) is 5. The van der Waals surface area contributed by atoms with Gasteiger partial charge in [-0.15, -0.1) is 0 Å². The fourth-order valence-electron chi connectivity index (χ4n) is 4.55. The van der Waals surface area contributed by atoms with E-state index >= 15 is 0 Å². The van der Waals surface area contributed by atoms with E-state index in [4.69, 9.17) is 18.9 Å². The number of amides is 1. The van der Waals surface area contributed by atoms with Crippen molar-refractivity contribution in [3.63, 3.8) is 0 Å². The van der Waals surface area contributed by atoms with Crippen molar-refractivity contribution in [3.05, 3.63) is 53.6 Å². The van der Waals surface area contributed by atoms with Crippen molar-refractivity contribution in [3.8, 4) is 17.2 Å². The van der Waals surface area contributed by atoms with Crippen molar-refractivity contribution in [2.24, 2.45) is 0 Å². The average Bonchev–Trinajstić information content (AvgIpc) is 3.11. The molecule has 2 aromatic rings. The molecule has 31 heavy (non-hydrogen) atoms. The first-order chi connectivity index (χ1) is 14.9. The minimum atomic E-state index is -0.256. The minimum Gasteiger partial charge on any atom is -0.496 e. The van der Waals surface area contributed by atoms with Gasteiger partial charge in [-0.05, 0) is 38.8 Å². The van der Waals surface area contributed by atoms with Gasteiger partial charge in [0.2, 0.25) is 0 Å². The Kier molecular flexibility index (Phi) is 6.10. The second-order valence-corrected chi connectivity index (χ2v) is 8.94. The van der Waals surface area contributed by atoms with Crippen LogP contribution in [0.1, 0.15) is 37.8 Å². The van der Waals surface area contributed by atoms with Crippen molar-refractivity contribution in [2.45, 2.75) is 44.1 Å². The predicted octanol–water partition coefficient (Wildman–Crippen LogP) is 3.65. The number of fused-ring (bicyclic) bond motifs is 1. The van der Waals surface area contributed by atoms with Crippen LogP contribution in [0.15, 0.2) is 42.5 Å². The van der Waals surface area contributed by atoms with Gasteiger partial charge in [0.05, 0.1) is 7.11 Å². The van der Waals surface area contributed by atoms with E-state index in [-0.39, 0.29) is 23.5 Å². The Morgan fingerprint density at radius 3 is 2.58 bits per heavy atom. The number of benzene rings is 2. The van der Waals surface area contributed by atoms with Crippen LogP contribution in [0.4, 0.5) is 0 Å². The third-order valence-electron chi connectivity index (χ3n) is 6.17. The summed E-state index contributed by atoms with van der Waals surface area (Å²) in [6.45, 7) is 5.87. The van der Waals surface area contributed by atoms with Crippen molar-refractivity contribution >= 4 is 5.91 Å². The summed E-state index contributed by atoms with van der Waals surface area (Å²) < 4.78 is 23.1. The highest BCUT2D eigenvalue weighted by Crippen LogP contribution is 2.42. The fourth-order valence-corrected chi connectivity index (χ4v) is 4.55. The SMILES string of the molecule is COc1ccccc1C1(CNC(=O)COc2cccc3c2OC(C)(C)C3)CCOCC1. The number of carbonyl (C=O) groups is 1. The molecule has 1 amide bonds. The zero-order valence-electron chi connectivity index (χ0n) is 18.5. The monoisotopic (exact) mass is 425 g/mol. The van der Waals surface area contributed by atoms with E-state index < -0.39 is 0 Å². The van der Waals surface area contributed by atoms with E-state index in [0.717, 1.165) is 41.9 Å². The lowest BCUT2D eigenvalue weighted by atomic mass is 9.73. The van der Waals surface area contributed by atoms with Gasteiger partial charge in [-0.3, -0.25) is 4.79 Å². The van der Waals surface area contributed by atoms with Crippen LogP contribution in [0.5, 0.6) is 17.2 Å². The molecular formula is C25H31NO5. The average molecular weight is 426 g/mol. The second kappa shape index (κ2) is 8.79. The van der Waals surface area contributed by atoms with E-state index in [1.54, 1.807) is 7.11 Å². The lowest BCUT2D eigenvalue weighted by Gasteiger charge is -2.38. The maximum absolute atomic E-state index is 12.7. The molecule has 0 bridgehead atoms. The second-order valence-electron chi connectivity index (χ2n) is 8.94. The summed E-state index contributed by atoms with van der Waals surface area (Å²) >= 11 is 0. The van der Waals surface area contributed by atoms with Gasteiger partial charge >= 0.3 is 0 Å². The molecule has 2 aliphatic heterocycles. The standard InChI is InChI=1S/C25H31NO5/c1-24(2)15-18-7-6-10-21(23(18)31-24)30-16-22(27)26-17-25(11-13-29-14-12-25)19-8-4-5-9-20(19)28-3/h4-10H,11-17H2,1-3H3,(H,26,27). The summed E-state index contributed by atoms with van der Waals surface area (Å²) in [6.07, 6.45) is 2.47. The quantitative estimate of drug-likeness (QED) is 0.734. The van der Waals surface area contributed by atoms with Crippen LogP contribution >= 0.6 is 0 Å². The fraction of sp³-hybridized carbons (Fsp3) is 0.480. The smallest absolute Gasteiger partial charge is 0.257 e. The Bertz CT molecular complexity index is 933. The summed E-state index contributed by atoms with van der Waals surface area (Å²) in [5.74, 6) is 2.05. The molecule has 6 heteroatoms. The van der Waals surface area contributed by atoms with Gasteiger partial charge in [0.25, 0.3) is 5.91 Å². The van der Waals surface area contributed by atoms with E-state index in [2.05, 4.69) is 25.2 Å². The number of para-hydroxylation sites is 2. The van der Waals surface area contributed by atoms with Gasteiger partial charge in [0.1, 0.15) is 11.4 Å². The van der Waals surface area contributed by atoms with Gasteiger partial charge in [0, 0.05) is 42.7 Å². The molecule has 2 aliphatic rings. The first-order valence-corrected chi connectivity index (χ1v) is 10.8. The lowest BCUT2D eigenvalue weighted by molar-refractivity contribution is -0.123. The highest BCUT2D eigenvalue weighted by Gasteiger charge is 2.37. The van der Waals surface area contributed by atoms with Crippen molar-refractivity contribution in [2.75, 3.05) is 33.5 Å². The van der Waals surface area contributed by atoms with Gasteiger partial charge in [-0.2, -0.15) is 0 Å². The summed E-state index contributed by atoms with van der Waals surface area (Å²) in [5.41, 5.74) is 1.74. The normalized spacial score (nSPS) is 18.5. The Morgan fingerprint density at radius 2 is 1.81 bits per heavy atom. The van der Waals surface area contributed by atoms with Crippen LogP contribution < -0.4 is 19.5 Å². The molecule has 4 rings (SSSR count). The van der Waals surface area contributed by atoms with Crippen LogP contribution in [0, 0.1) is 0 Å². The summed E-state index contributed by atoms with van der Waals surface area (Å²) in [5, 5.41) is 3.08. The van der Waals surface area contributed by atoms with E-state index in [1.807, 2.05) is 36.4 Å². The van der Waals surface area contributed by atoms with Crippen LogP contribution in [0.3, 0.4) is 0 Å².